The van der Waals surface area contributed by atoms with Crippen molar-refractivity contribution in [3.8, 4) is 5.88 Å². The molecule has 0 radical (unpaired) electrons. The van der Waals surface area contributed by atoms with Crippen molar-refractivity contribution in [3.63, 3.8) is 0 Å². The number of aromatic nitrogens is 2. The fourth-order valence-corrected chi connectivity index (χ4v) is 2.99. The first kappa shape index (κ1) is 15.0. The molecule has 112 valence electrons. The molecule has 0 aromatic carbocycles. The molecule has 0 amide bonds. The first-order chi connectivity index (χ1) is 9.67. The standard InChI is InChI=1S/C15H26N4O/c1-5-20-15-11(2)14(17-10-18-15)19(4)13-8-6-12(16-3)7-9-13/h10,12-13,16H,5-9H2,1-4H3. The van der Waals surface area contributed by atoms with Crippen molar-refractivity contribution in [3.05, 3.63) is 11.9 Å². The fraction of sp³-hybridized carbons (Fsp3) is 0.733. The molecule has 1 fully saturated rings. The zero-order valence-electron chi connectivity index (χ0n) is 13.0. The first-order valence-electron chi connectivity index (χ1n) is 7.51. The van der Waals surface area contributed by atoms with Crippen LogP contribution in [0.3, 0.4) is 0 Å². The van der Waals surface area contributed by atoms with Crippen LogP contribution in [0, 0.1) is 6.92 Å². The second kappa shape index (κ2) is 6.88. The Morgan fingerprint density at radius 2 is 2.00 bits per heavy atom. The van der Waals surface area contributed by atoms with E-state index in [0.29, 0.717) is 24.6 Å². The normalized spacial score (nSPS) is 22.6. The lowest BCUT2D eigenvalue weighted by atomic mass is 9.90. The van der Waals surface area contributed by atoms with Gasteiger partial charge in [-0.2, -0.15) is 0 Å². The molecule has 1 heterocycles. The molecule has 0 aliphatic heterocycles. The van der Waals surface area contributed by atoms with E-state index in [1.165, 1.54) is 25.7 Å². The fourth-order valence-electron chi connectivity index (χ4n) is 2.99. The van der Waals surface area contributed by atoms with E-state index in [-0.39, 0.29) is 0 Å². The number of nitrogens with one attached hydrogen (secondary N) is 1. The van der Waals surface area contributed by atoms with Crippen molar-refractivity contribution in [2.24, 2.45) is 0 Å². The summed E-state index contributed by atoms with van der Waals surface area (Å²) in [5, 5.41) is 3.38. The minimum absolute atomic E-state index is 0.558. The van der Waals surface area contributed by atoms with E-state index >= 15 is 0 Å². The number of nitrogens with zero attached hydrogens (tertiary/aromatic N) is 3. The van der Waals surface area contributed by atoms with Gasteiger partial charge in [-0.15, -0.1) is 0 Å². The van der Waals surface area contributed by atoms with Gasteiger partial charge in [-0.25, -0.2) is 9.97 Å². The topological polar surface area (TPSA) is 50.3 Å². The molecule has 0 atom stereocenters. The van der Waals surface area contributed by atoms with E-state index in [9.17, 15) is 0 Å². The summed E-state index contributed by atoms with van der Waals surface area (Å²) in [6, 6.07) is 1.23. The minimum atomic E-state index is 0.558. The van der Waals surface area contributed by atoms with Crippen LogP contribution in [0.15, 0.2) is 6.33 Å². The second-order valence-corrected chi connectivity index (χ2v) is 5.47. The third-order valence-corrected chi connectivity index (χ3v) is 4.28. The molecular weight excluding hydrogens is 252 g/mol. The van der Waals surface area contributed by atoms with Gasteiger partial charge < -0.3 is 15.0 Å². The van der Waals surface area contributed by atoms with Gasteiger partial charge in [0.2, 0.25) is 5.88 Å². The van der Waals surface area contributed by atoms with Gasteiger partial charge in [0.1, 0.15) is 12.1 Å². The molecule has 1 N–H and O–H groups in total. The quantitative estimate of drug-likeness (QED) is 0.894. The van der Waals surface area contributed by atoms with Crippen LogP contribution in [0.1, 0.15) is 38.2 Å². The Kier molecular flexibility index (Phi) is 5.17. The maximum absolute atomic E-state index is 5.56. The summed E-state index contributed by atoms with van der Waals surface area (Å²) in [6.45, 7) is 4.65. The van der Waals surface area contributed by atoms with E-state index in [2.05, 4.69) is 34.3 Å². The summed E-state index contributed by atoms with van der Waals surface area (Å²) in [7, 11) is 4.19. The van der Waals surface area contributed by atoms with Crippen LogP contribution in [0.5, 0.6) is 5.88 Å². The van der Waals surface area contributed by atoms with Gasteiger partial charge in [-0.1, -0.05) is 0 Å². The number of hydrogen-bond acceptors (Lipinski definition) is 5. The largest absolute Gasteiger partial charge is 0.478 e. The van der Waals surface area contributed by atoms with Crippen LogP contribution in [0.25, 0.3) is 0 Å². The van der Waals surface area contributed by atoms with Gasteiger partial charge in [-0.3, -0.25) is 0 Å². The average Bonchev–Trinajstić information content (AvgIpc) is 2.49. The molecule has 1 aromatic rings. The summed E-state index contributed by atoms with van der Waals surface area (Å²) in [4.78, 5) is 11.0. The van der Waals surface area contributed by atoms with Gasteiger partial charge in [0, 0.05) is 19.1 Å². The SMILES string of the molecule is CCOc1ncnc(N(C)C2CCC(NC)CC2)c1C. The van der Waals surface area contributed by atoms with Crippen molar-refractivity contribution >= 4 is 5.82 Å². The molecule has 5 heteroatoms. The van der Waals surface area contributed by atoms with Crippen molar-refractivity contribution in [1.82, 2.24) is 15.3 Å². The molecular formula is C15H26N4O. The maximum atomic E-state index is 5.56. The van der Waals surface area contributed by atoms with Crippen LogP contribution in [0.2, 0.25) is 0 Å². The van der Waals surface area contributed by atoms with Crippen LogP contribution in [0.4, 0.5) is 5.82 Å². The lowest BCUT2D eigenvalue weighted by Crippen LogP contribution is -2.40. The summed E-state index contributed by atoms with van der Waals surface area (Å²) in [5.74, 6) is 1.70. The lowest BCUT2D eigenvalue weighted by Gasteiger charge is -2.35. The summed E-state index contributed by atoms with van der Waals surface area (Å²) in [5.41, 5.74) is 1.03. The molecule has 0 saturated heterocycles. The van der Waals surface area contributed by atoms with E-state index in [4.69, 9.17) is 4.74 Å². The summed E-state index contributed by atoms with van der Waals surface area (Å²) in [6.07, 6.45) is 6.47. The van der Waals surface area contributed by atoms with Gasteiger partial charge in [-0.05, 0) is 46.6 Å². The molecule has 1 saturated carbocycles. The highest BCUT2D eigenvalue weighted by Crippen LogP contribution is 2.29. The Morgan fingerprint density at radius 1 is 1.30 bits per heavy atom. The van der Waals surface area contributed by atoms with Crippen molar-refractivity contribution in [1.29, 1.82) is 0 Å². The highest BCUT2D eigenvalue weighted by molar-refractivity contribution is 5.50. The molecule has 0 unspecified atom stereocenters. The number of hydrogen-bond donors (Lipinski definition) is 1. The average molecular weight is 278 g/mol. The van der Waals surface area contributed by atoms with Crippen molar-refractivity contribution in [2.45, 2.75) is 51.6 Å². The van der Waals surface area contributed by atoms with Crippen LogP contribution >= 0.6 is 0 Å². The predicted octanol–water partition coefficient (Wildman–Crippen LogP) is 2.15. The highest BCUT2D eigenvalue weighted by atomic mass is 16.5. The number of anilines is 1. The van der Waals surface area contributed by atoms with E-state index < -0.39 is 0 Å². The Balaban J connectivity index is 2.09. The molecule has 2 rings (SSSR count). The molecule has 0 bridgehead atoms. The molecule has 0 spiro atoms. The molecule has 5 nitrogen and oxygen atoms in total. The lowest BCUT2D eigenvalue weighted by molar-refractivity contribution is 0.322. The molecule has 1 aliphatic rings. The second-order valence-electron chi connectivity index (χ2n) is 5.47. The third-order valence-electron chi connectivity index (χ3n) is 4.28. The summed E-state index contributed by atoms with van der Waals surface area (Å²) < 4.78 is 5.56. The zero-order chi connectivity index (χ0) is 14.5. The zero-order valence-corrected chi connectivity index (χ0v) is 13.0. The molecule has 1 aliphatic carbocycles. The van der Waals surface area contributed by atoms with Crippen LogP contribution < -0.4 is 15.0 Å². The van der Waals surface area contributed by atoms with Gasteiger partial charge in [0.05, 0.1) is 12.2 Å². The number of ether oxygens (including phenoxy) is 1. The summed E-state index contributed by atoms with van der Waals surface area (Å²) >= 11 is 0. The Labute approximate surface area is 121 Å². The van der Waals surface area contributed by atoms with E-state index in [1.807, 2.05) is 13.8 Å². The number of rotatable bonds is 5. The predicted molar refractivity (Wildman–Crippen MR) is 81.4 cm³/mol. The van der Waals surface area contributed by atoms with Gasteiger partial charge >= 0.3 is 0 Å². The van der Waals surface area contributed by atoms with Gasteiger partial charge in [0.25, 0.3) is 0 Å². The highest BCUT2D eigenvalue weighted by Gasteiger charge is 2.25. The van der Waals surface area contributed by atoms with E-state index in [0.717, 1.165) is 11.4 Å². The molecule has 20 heavy (non-hydrogen) atoms. The minimum Gasteiger partial charge on any atom is -0.478 e. The first-order valence-corrected chi connectivity index (χ1v) is 7.51. The molecule has 1 aromatic heterocycles. The Morgan fingerprint density at radius 3 is 2.60 bits per heavy atom. The Bertz CT molecular complexity index is 430. The van der Waals surface area contributed by atoms with E-state index in [1.54, 1.807) is 6.33 Å². The third kappa shape index (κ3) is 3.20. The Hall–Kier alpha value is -1.36. The van der Waals surface area contributed by atoms with Gasteiger partial charge in [0.15, 0.2) is 0 Å². The van der Waals surface area contributed by atoms with Crippen molar-refractivity contribution in [2.75, 3.05) is 25.6 Å². The monoisotopic (exact) mass is 278 g/mol. The maximum Gasteiger partial charge on any atom is 0.221 e. The van der Waals surface area contributed by atoms with Crippen LogP contribution in [-0.4, -0.2) is 42.8 Å². The van der Waals surface area contributed by atoms with Crippen molar-refractivity contribution < 1.29 is 4.74 Å². The smallest absolute Gasteiger partial charge is 0.221 e. The van der Waals surface area contributed by atoms with Crippen LogP contribution in [-0.2, 0) is 0 Å².